The first-order valence-corrected chi connectivity index (χ1v) is 7.89. The number of carboxylic acid groups (broad SMARTS) is 2. The zero-order chi connectivity index (χ0) is 16.2. The van der Waals surface area contributed by atoms with Gasteiger partial charge >= 0.3 is 63.3 Å². The van der Waals surface area contributed by atoms with E-state index >= 15 is 0 Å². The molecule has 0 radical (unpaired) electrons. The minimum absolute atomic E-state index is 0. The number of hydrogen-bond acceptors (Lipinski definition) is 4. The van der Waals surface area contributed by atoms with Gasteiger partial charge in [0.25, 0.3) is 10.1 Å². The molecule has 120 valence electrons. The van der Waals surface area contributed by atoms with Crippen LogP contribution in [-0.4, -0.2) is 40.4 Å². The van der Waals surface area contributed by atoms with Gasteiger partial charge in [-0.1, -0.05) is 33.1 Å². The maximum atomic E-state index is 10.2. The number of unbranched alkanes of at least 4 members (excludes halogenated alkanes) is 5. The molecule has 0 rings (SSSR count). The maximum Gasteiger partial charge on any atom is 1.00 e. The summed E-state index contributed by atoms with van der Waals surface area (Å²) in [5.41, 5.74) is 0. The Bertz CT molecular complexity index is 375. The van der Waals surface area contributed by atoms with Gasteiger partial charge in [0.15, 0.2) is 5.25 Å². The Balaban J connectivity index is -0.000000317. The van der Waals surface area contributed by atoms with E-state index in [1.165, 1.54) is 32.1 Å². The van der Waals surface area contributed by atoms with Crippen LogP contribution in [-0.2, 0) is 19.7 Å². The zero-order valence-electron chi connectivity index (χ0n) is 12.8. The molecule has 3 N–H and O–H groups in total. The molecule has 1 unspecified atom stereocenters. The largest absolute Gasteiger partial charge is 1.00 e. The molecule has 0 aliphatic rings. The maximum absolute atomic E-state index is 10.2. The molecule has 7 nitrogen and oxygen atoms in total. The van der Waals surface area contributed by atoms with Crippen molar-refractivity contribution in [1.82, 2.24) is 0 Å². The Morgan fingerprint density at radius 1 is 1.14 bits per heavy atom. The van der Waals surface area contributed by atoms with Gasteiger partial charge in [-0.15, -0.1) is 0 Å². The minimum atomic E-state index is -4.84. The van der Waals surface area contributed by atoms with Crippen LogP contribution in [0.3, 0.4) is 0 Å². The van der Waals surface area contributed by atoms with Gasteiger partial charge in [0.1, 0.15) is 0 Å². The second kappa shape index (κ2) is 15.4. The Labute approximate surface area is 168 Å². The summed E-state index contributed by atoms with van der Waals surface area (Å²) in [5.74, 6) is -3.50. The van der Waals surface area contributed by atoms with Crippen LogP contribution in [0.25, 0.3) is 0 Å². The third kappa shape index (κ3) is 18.4. The summed E-state index contributed by atoms with van der Waals surface area (Å²) in [6.07, 6.45) is 7.90. The van der Waals surface area contributed by atoms with Crippen LogP contribution in [0.2, 0.25) is 0 Å². The van der Waals surface area contributed by atoms with Crippen LogP contribution in [0.15, 0.2) is 0 Å². The van der Waals surface area contributed by atoms with Crippen molar-refractivity contribution in [2.24, 2.45) is 0 Å². The van der Waals surface area contributed by atoms with Crippen LogP contribution in [0.1, 0.15) is 52.4 Å². The summed E-state index contributed by atoms with van der Waals surface area (Å²) in [4.78, 5) is 20.0. The number of hydrogen-bond donors (Lipinski definition) is 3. The number of carboxylic acids is 2. The number of aliphatic carboxylic acids is 2. The molecule has 0 aliphatic carbocycles. The molecule has 0 spiro atoms. The Morgan fingerprint density at radius 2 is 1.67 bits per heavy atom. The van der Waals surface area contributed by atoms with E-state index in [2.05, 4.69) is 20.3 Å². The molecule has 9 heteroatoms. The van der Waals surface area contributed by atoms with Crippen LogP contribution in [0.5, 0.6) is 0 Å². The molecule has 0 saturated carbocycles. The summed E-state index contributed by atoms with van der Waals surface area (Å²) in [6.45, 7) is 4.44. The molecular formula is C12H23KO7S. The summed E-state index contributed by atoms with van der Waals surface area (Å²) in [5, 5.41) is 13.9. The summed E-state index contributed by atoms with van der Waals surface area (Å²) in [6, 6.07) is 0. The first kappa shape index (κ1) is 26.4. The van der Waals surface area contributed by atoms with Crippen molar-refractivity contribution in [1.29, 1.82) is 0 Å². The van der Waals surface area contributed by atoms with Crippen molar-refractivity contribution >= 4 is 22.1 Å². The SMILES string of the molecule is CC[CH-]CCCCC.O=C(O)CC(C(=O)O)S(=O)(=O)O.[K+]. The monoisotopic (exact) mass is 350 g/mol. The second-order valence-corrected chi connectivity index (χ2v) is 5.73. The third-order valence-corrected chi connectivity index (χ3v) is 3.38. The molecule has 0 aliphatic heterocycles. The first-order chi connectivity index (χ1) is 9.16. The fourth-order valence-corrected chi connectivity index (χ4v) is 1.83. The Hall–Kier alpha value is 0.486. The minimum Gasteiger partial charge on any atom is -0.481 e. The number of rotatable bonds is 9. The normalized spacial score (nSPS) is 11.6. The van der Waals surface area contributed by atoms with Crippen LogP contribution < -0.4 is 51.4 Å². The molecule has 0 aromatic carbocycles. The average molecular weight is 350 g/mol. The fraction of sp³-hybridized carbons (Fsp3) is 0.750. The predicted molar refractivity (Wildman–Crippen MR) is 74.0 cm³/mol. The summed E-state index contributed by atoms with van der Waals surface area (Å²) < 4.78 is 28.7. The summed E-state index contributed by atoms with van der Waals surface area (Å²) in [7, 11) is -4.84. The van der Waals surface area contributed by atoms with Crippen LogP contribution in [0, 0.1) is 6.42 Å². The predicted octanol–water partition coefficient (Wildman–Crippen LogP) is -1.01. The van der Waals surface area contributed by atoms with E-state index in [-0.39, 0.29) is 51.4 Å². The second-order valence-electron chi connectivity index (χ2n) is 4.13. The van der Waals surface area contributed by atoms with Gasteiger partial charge in [-0.05, 0) is 0 Å². The van der Waals surface area contributed by atoms with Gasteiger partial charge in [-0.3, -0.25) is 14.1 Å². The standard InChI is InChI=1S/C8H17.C4H6O7S.K/c1-3-5-7-8-6-4-2;5-3(6)1-2(4(7)8)12(9,10)11;/h5H,3-4,6-8H2,1-2H3;2H,1H2,(H,5,6)(H,7,8)(H,9,10,11);/q-1;;+1. The molecule has 1 atom stereocenters. The van der Waals surface area contributed by atoms with Crippen molar-refractivity contribution in [2.75, 3.05) is 0 Å². The molecule has 0 aromatic rings. The topological polar surface area (TPSA) is 129 Å². The smallest absolute Gasteiger partial charge is 0.481 e. The Morgan fingerprint density at radius 3 is 1.90 bits per heavy atom. The van der Waals surface area contributed by atoms with E-state index < -0.39 is 33.7 Å². The molecule has 0 heterocycles. The van der Waals surface area contributed by atoms with Crippen molar-refractivity contribution in [3.8, 4) is 0 Å². The quantitative estimate of drug-likeness (QED) is 0.210. The fourth-order valence-electron chi connectivity index (χ4n) is 1.22. The number of carbonyl (C=O) groups is 2. The zero-order valence-corrected chi connectivity index (χ0v) is 16.7. The van der Waals surface area contributed by atoms with Gasteiger partial charge < -0.3 is 16.6 Å². The van der Waals surface area contributed by atoms with Gasteiger partial charge in [0, 0.05) is 0 Å². The molecule has 0 bridgehead atoms. The van der Waals surface area contributed by atoms with E-state index in [0.29, 0.717) is 0 Å². The van der Waals surface area contributed by atoms with Crippen molar-refractivity contribution in [3.05, 3.63) is 6.42 Å². The van der Waals surface area contributed by atoms with Gasteiger partial charge in [-0.2, -0.15) is 21.3 Å². The van der Waals surface area contributed by atoms with E-state index in [1.54, 1.807) is 0 Å². The van der Waals surface area contributed by atoms with E-state index in [1.807, 2.05) is 0 Å². The average Bonchev–Trinajstić information content (AvgIpc) is 2.31. The first-order valence-electron chi connectivity index (χ1n) is 6.39. The van der Waals surface area contributed by atoms with E-state index in [4.69, 9.17) is 14.8 Å². The van der Waals surface area contributed by atoms with Crippen LogP contribution >= 0.6 is 0 Å². The molecule has 0 amide bonds. The van der Waals surface area contributed by atoms with Crippen LogP contribution in [0.4, 0.5) is 0 Å². The van der Waals surface area contributed by atoms with Gasteiger partial charge in [-0.25, -0.2) is 0 Å². The van der Waals surface area contributed by atoms with E-state index in [9.17, 15) is 18.0 Å². The van der Waals surface area contributed by atoms with Gasteiger partial charge in [0.2, 0.25) is 0 Å². The Kier molecular flexibility index (Phi) is 19.3. The molecular weight excluding hydrogens is 327 g/mol. The molecule has 21 heavy (non-hydrogen) atoms. The third-order valence-electron chi connectivity index (χ3n) is 2.30. The summed E-state index contributed by atoms with van der Waals surface area (Å²) >= 11 is 0. The van der Waals surface area contributed by atoms with Crippen molar-refractivity contribution in [2.45, 2.75) is 57.6 Å². The molecule has 0 saturated heterocycles. The van der Waals surface area contributed by atoms with Gasteiger partial charge in [0.05, 0.1) is 6.42 Å². The molecule has 0 fully saturated rings. The van der Waals surface area contributed by atoms with E-state index in [0.717, 1.165) is 0 Å². The van der Waals surface area contributed by atoms with Crippen molar-refractivity contribution < 1.29 is 84.2 Å². The van der Waals surface area contributed by atoms with Crippen molar-refractivity contribution in [3.63, 3.8) is 0 Å². The molecule has 0 aromatic heterocycles.